The van der Waals surface area contributed by atoms with E-state index >= 15 is 0 Å². The van der Waals surface area contributed by atoms with E-state index in [0.717, 1.165) is 11.1 Å². The number of carbonyl (C=O) groups excluding carboxylic acids is 1. The highest BCUT2D eigenvalue weighted by Gasteiger charge is 2.15. The second-order valence-corrected chi connectivity index (χ2v) is 8.69. The summed E-state index contributed by atoms with van der Waals surface area (Å²) in [7, 11) is 0. The highest BCUT2D eigenvalue weighted by molar-refractivity contribution is 9.10. The number of rotatable bonds is 7. The Morgan fingerprint density at radius 1 is 1.15 bits per heavy atom. The lowest BCUT2D eigenvalue weighted by atomic mass is 10.1. The zero-order valence-electron chi connectivity index (χ0n) is 17.8. The third-order valence-electron chi connectivity index (χ3n) is 4.89. The second kappa shape index (κ2) is 9.76. The van der Waals surface area contributed by atoms with Crippen LogP contribution in [0.5, 0.6) is 5.75 Å². The molecule has 4 aromatic rings. The van der Waals surface area contributed by atoms with Crippen molar-refractivity contribution < 1.29 is 13.9 Å². The van der Waals surface area contributed by atoms with Gasteiger partial charge in [0.05, 0.1) is 11.0 Å². The average Bonchev–Trinajstić information content (AvgIpc) is 3.39. The Hall–Kier alpha value is -3.17. The average molecular weight is 533 g/mol. The lowest BCUT2D eigenvalue weighted by Crippen LogP contribution is -2.15. The molecule has 4 rings (SSSR count). The number of aryl methyl sites for hydroxylation is 2. The molecule has 170 valence electrons. The first kappa shape index (κ1) is 23.0. The predicted molar refractivity (Wildman–Crippen MR) is 127 cm³/mol. The van der Waals surface area contributed by atoms with E-state index in [4.69, 9.17) is 16.3 Å². The molecule has 10 heteroatoms. The van der Waals surface area contributed by atoms with Crippen molar-refractivity contribution in [1.29, 1.82) is 0 Å². The monoisotopic (exact) mass is 531 g/mol. The van der Waals surface area contributed by atoms with Crippen LogP contribution in [0.3, 0.4) is 0 Å². The molecule has 0 fully saturated rings. The maximum atomic E-state index is 13.9. The molecule has 0 aliphatic carbocycles. The van der Waals surface area contributed by atoms with Crippen LogP contribution in [0, 0.1) is 19.7 Å². The molecule has 7 nitrogen and oxygen atoms in total. The Labute approximate surface area is 203 Å². The van der Waals surface area contributed by atoms with Gasteiger partial charge < -0.3 is 10.1 Å². The molecular weight excluding hydrogens is 513 g/mol. The SMILES string of the molecule is Cc1cc(OCn2ccc(C(=O)Nc3nn(Cc4ccccc4F)cc3Br)n2)cc(C)c1Cl. The summed E-state index contributed by atoms with van der Waals surface area (Å²) in [5.74, 6) is 0.240. The molecule has 0 saturated heterocycles. The van der Waals surface area contributed by atoms with E-state index in [1.54, 1.807) is 41.3 Å². The van der Waals surface area contributed by atoms with Crippen LogP contribution in [0.4, 0.5) is 10.2 Å². The molecule has 1 N–H and O–H groups in total. The molecule has 0 radical (unpaired) electrons. The van der Waals surface area contributed by atoms with Crippen LogP contribution in [0.1, 0.15) is 27.2 Å². The Morgan fingerprint density at radius 2 is 1.88 bits per heavy atom. The van der Waals surface area contributed by atoms with Crippen molar-refractivity contribution in [2.75, 3.05) is 5.32 Å². The third-order valence-corrected chi connectivity index (χ3v) is 6.06. The Bertz CT molecular complexity index is 1300. The molecule has 2 heterocycles. The van der Waals surface area contributed by atoms with Gasteiger partial charge in [-0.25, -0.2) is 9.07 Å². The highest BCUT2D eigenvalue weighted by atomic mass is 79.9. The zero-order chi connectivity index (χ0) is 23.5. The molecular formula is C23H20BrClFN5O2. The maximum Gasteiger partial charge on any atom is 0.277 e. The topological polar surface area (TPSA) is 74.0 Å². The molecule has 0 aliphatic rings. The summed E-state index contributed by atoms with van der Waals surface area (Å²) >= 11 is 9.56. The number of carbonyl (C=O) groups is 1. The van der Waals surface area contributed by atoms with Gasteiger partial charge in [0.2, 0.25) is 0 Å². The Balaban J connectivity index is 1.39. The number of ether oxygens (including phenoxy) is 1. The van der Waals surface area contributed by atoms with Gasteiger partial charge in [-0.05, 0) is 65.2 Å². The van der Waals surface area contributed by atoms with Crippen molar-refractivity contribution in [1.82, 2.24) is 19.6 Å². The molecule has 2 aromatic heterocycles. The first-order valence-corrected chi connectivity index (χ1v) is 11.2. The number of aromatic nitrogens is 4. The molecule has 0 atom stereocenters. The Morgan fingerprint density at radius 3 is 2.61 bits per heavy atom. The Kier molecular flexibility index (Phi) is 6.80. The van der Waals surface area contributed by atoms with Gasteiger partial charge in [0.25, 0.3) is 5.91 Å². The van der Waals surface area contributed by atoms with E-state index in [1.807, 2.05) is 26.0 Å². The number of nitrogens with one attached hydrogen (secondary N) is 1. The largest absolute Gasteiger partial charge is 0.471 e. The lowest BCUT2D eigenvalue weighted by molar-refractivity contribution is 0.101. The minimum atomic E-state index is -0.427. The molecule has 0 aliphatic heterocycles. The summed E-state index contributed by atoms with van der Waals surface area (Å²) in [6, 6.07) is 11.8. The lowest BCUT2D eigenvalue weighted by Gasteiger charge is -2.10. The van der Waals surface area contributed by atoms with Crippen LogP contribution in [0.2, 0.25) is 5.02 Å². The number of benzene rings is 2. The van der Waals surface area contributed by atoms with Crippen molar-refractivity contribution in [3.63, 3.8) is 0 Å². The van der Waals surface area contributed by atoms with Gasteiger partial charge in [-0.3, -0.25) is 9.48 Å². The van der Waals surface area contributed by atoms with E-state index in [9.17, 15) is 9.18 Å². The minimum absolute atomic E-state index is 0.134. The van der Waals surface area contributed by atoms with Gasteiger partial charge in [-0.15, -0.1) is 0 Å². The molecule has 0 spiro atoms. The zero-order valence-corrected chi connectivity index (χ0v) is 20.2. The quantitative estimate of drug-likeness (QED) is 0.337. The van der Waals surface area contributed by atoms with Crippen molar-refractivity contribution >= 4 is 39.3 Å². The van der Waals surface area contributed by atoms with Crippen LogP contribution < -0.4 is 10.1 Å². The number of nitrogens with zero attached hydrogens (tertiary/aromatic N) is 4. The fourth-order valence-corrected chi connectivity index (χ4v) is 3.74. The van der Waals surface area contributed by atoms with Gasteiger partial charge >= 0.3 is 0 Å². The van der Waals surface area contributed by atoms with Crippen LogP contribution in [-0.4, -0.2) is 25.5 Å². The van der Waals surface area contributed by atoms with Crippen molar-refractivity contribution in [2.24, 2.45) is 0 Å². The fourth-order valence-electron chi connectivity index (χ4n) is 3.22. The van der Waals surface area contributed by atoms with Crippen LogP contribution >= 0.6 is 27.5 Å². The standard InChI is InChI=1S/C23H20BrClFN5O2/c1-14-9-17(10-15(2)21(14)25)33-13-30-8-7-20(28-30)23(32)27-22-18(24)12-31(29-22)11-16-5-3-4-6-19(16)26/h3-10,12H,11,13H2,1-2H3,(H,27,29,32). The fraction of sp³-hybridized carbons (Fsp3) is 0.174. The smallest absolute Gasteiger partial charge is 0.277 e. The summed E-state index contributed by atoms with van der Waals surface area (Å²) in [5.41, 5.74) is 2.55. The molecule has 0 bridgehead atoms. The van der Waals surface area contributed by atoms with Crippen molar-refractivity contribution in [3.05, 3.63) is 92.6 Å². The number of hydrogen-bond donors (Lipinski definition) is 1. The molecule has 2 aromatic carbocycles. The van der Waals surface area contributed by atoms with E-state index in [1.165, 1.54) is 10.7 Å². The molecule has 0 saturated carbocycles. The summed E-state index contributed by atoms with van der Waals surface area (Å²) in [5, 5.41) is 12.0. The number of hydrogen-bond acceptors (Lipinski definition) is 4. The van der Waals surface area contributed by atoms with Gasteiger partial charge in [-0.2, -0.15) is 10.2 Å². The first-order chi connectivity index (χ1) is 15.8. The van der Waals surface area contributed by atoms with Crippen LogP contribution in [0.25, 0.3) is 0 Å². The molecule has 33 heavy (non-hydrogen) atoms. The summed E-state index contributed by atoms with van der Waals surface area (Å²) in [4.78, 5) is 12.6. The van der Waals surface area contributed by atoms with E-state index < -0.39 is 5.91 Å². The van der Waals surface area contributed by atoms with E-state index in [0.29, 0.717) is 26.6 Å². The van der Waals surface area contributed by atoms with E-state index in [2.05, 4.69) is 31.4 Å². The highest BCUT2D eigenvalue weighted by Crippen LogP contribution is 2.26. The number of amides is 1. The van der Waals surface area contributed by atoms with Gasteiger partial charge in [0, 0.05) is 23.0 Å². The van der Waals surface area contributed by atoms with Gasteiger partial charge in [-0.1, -0.05) is 29.8 Å². The van der Waals surface area contributed by atoms with Crippen molar-refractivity contribution in [3.8, 4) is 5.75 Å². The summed E-state index contributed by atoms with van der Waals surface area (Å²) in [6.07, 6.45) is 3.32. The summed E-state index contributed by atoms with van der Waals surface area (Å²) < 4.78 is 23.3. The third kappa shape index (κ3) is 5.43. The van der Waals surface area contributed by atoms with Crippen LogP contribution in [0.15, 0.2) is 59.3 Å². The number of anilines is 1. The maximum absolute atomic E-state index is 13.9. The molecule has 0 unspecified atom stereocenters. The normalized spacial score (nSPS) is 10.9. The van der Waals surface area contributed by atoms with Gasteiger partial charge in [0.15, 0.2) is 18.2 Å². The predicted octanol–water partition coefficient (Wildman–Crippen LogP) is 5.59. The van der Waals surface area contributed by atoms with Crippen LogP contribution in [-0.2, 0) is 13.3 Å². The number of halogens is 3. The van der Waals surface area contributed by atoms with Gasteiger partial charge in [0.1, 0.15) is 11.6 Å². The molecule has 1 amide bonds. The van der Waals surface area contributed by atoms with E-state index in [-0.39, 0.29) is 24.8 Å². The minimum Gasteiger partial charge on any atom is -0.471 e. The summed E-state index contributed by atoms with van der Waals surface area (Å²) in [6.45, 7) is 4.19. The van der Waals surface area contributed by atoms with Crippen molar-refractivity contribution in [2.45, 2.75) is 27.1 Å². The first-order valence-electron chi connectivity index (χ1n) is 10.0. The second-order valence-electron chi connectivity index (χ2n) is 7.45.